The second-order valence-corrected chi connectivity index (χ2v) is 6.72. The van der Waals surface area contributed by atoms with Crippen molar-refractivity contribution < 1.29 is 4.42 Å². The number of fused-ring (bicyclic) bond motifs is 1. The van der Waals surface area contributed by atoms with Crippen LogP contribution in [0.15, 0.2) is 28.7 Å². The number of likely N-dealkylation sites (tertiary alicyclic amines) is 1. The van der Waals surface area contributed by atoms with Crippen LogP contribution >= 0.6 is 12.4 Å². The monoisotopic (exact) mass is 335 g/mol. The van der Waals surface area contributed by atoms with E-state index in [2.05, 4.69) is 10.2 Å². The molecule has 0 radical (unpaired) electrons. The predicted molar refractivity (Wildman–Crippen MR) is 95.0 cm³/mol. The van der Waals surface area contributed by atoms with Crippen molar-refractivity contribution in [3.63, 3.8) is 0 Å². The minimum absolute atomic E-state index is 0. The molecule has 0 amide bonds. The lowest BCUT2D eigenvalue weighted by Crippen LogP contribution is -2.40. The van der Waals surface area contributed by atoms with Crippen LogP contribution in [-0.2, 0) is 0 Å². The molecule has 126 valence electrons. The van der Waals surface area contributed by atoms with Crippen molar-refractivity contribution in [1.29, 1.82) is 0 Å². The first-order chi connectivity index (χ1) is 10.9. The maximum Gasteiger partial charge on any atom is 0.212 e. The summed E-state index contributed by atoms with van der Waals surface area (Å²) >= 11 is 0. The third kappa shape index (κ3) is 3.70. The van der Waals surface area contributed by atoms with Gasteiger partial charge in [-0.05, 0) is 63.4 Å². The molecule has 4 nitrogen and oxygen atoms in total. The first kappa shape index (κ1) is 16.7. The molecule has 1 unspecified atom stereocenters. The second kappa shape index (κ2) is 7.65. The van der Waals surface area contributed by atoms with Gasteiger partial charge in [-0.1, -0.05) is 18.6 Å². The average Bonchev–Trinajstić information content (AvgIpc) is 3.00. The SMILES string of the molecule is Cl.c1ccc2oc(C3CCCCN3CC3CCNCC3)nc2c1. The normalized spacial score (nSPS) is 23.7. The van der Waals surface area contributed by atoms with Crippen LogP contribution in [0.3, 0.4) is 0 Å². The Morgan fingerprint density at radius 3 is 2.78 bits per heavy atom. The molecule has 2 aromatic rings. The van der Waals surface area contributed by atoms with Gasteiger partial charge in [-0.25, -0.2) is 4.98 Å². The number of piperidine rings is 2. The number of para-hydroxylation sites is 2. The molecule has 2 fully saturated rings. The molecule has 3 heterocycles. The van der Waals surface area contributed by atoms with Crippen molar-refractivity contribution in [2.24, 2.45) is 5.92 Å². The number of rotatable bonds is 3. The highest BCUT2D eigenvalue weighted by molar-refractivity contribution is 5.85. The fourth-order valence-electron chi connectivity index (χ4n) is 3.92. The van der Waals surface area contributed by atoms with Crippen LogP contribution < -0.4 is 5.32 Å². The van der Waals surface area contributed by atoms with Gasteiger partial charge in [0.05, 0.1) is 6.04 Å². The van der Waals surface area contributed by atoms with Gasteiger partial charge >= 0.3 is 0 Å². The van der Waals surface area contributed by atoms with E-state index in [1.54, 1.807) is 0 Å². The van der Waals surface area contributed by atoms with Crippen LogP contribution in [0.2, 0.25) is 0 Å². The molecule has 1 aromatic carbocycles. The molecule has 1 atom stereocenters. The quantitative estimate of drug-likeness (QED) is 0.927. The van der Waals surface area contributed by atoms with Gasteiger partial charge in [-0.3, -0.25) is 4.90 Å². The van der Waals surface area contributed by atoms with Gasteiger partial charge in [0.2, 0.25) is 5.89 Å². The smallest absolute Gasteiger partial charge is 0.212 e. The van der Waals surface area contributed by atoms with Crippen molar-refractivity contribution in [1.82, 2.24) is 15.2 Å². The van der Waals surface area contributed by atoms with E-state index in [0.717, 1.165) is 22.9 Å². The Kier molecular flexibility index (Phi) is 5.57. The Morgan fingerprint density at radius 2 is 1.96 bits per heavy atom. The van der Waals surface area contributed by atoms with Crippen LogP contribution in [0, 0.1) is 5.92 Å². The summed E-state index contributed by atoms with van der Waals surface area (Å²) in [6.45, 7) is 4.73. The van der Waals surface area contributed by atoms with Crippen LogP contribution in [0.4, 0.5) is 0 Å². The third-order valence-corrected chi connectivity index (χ3v) is 5.16. The lowest BCUT2D eigenvalue weighted by molar-refractivity contribution is 0.0985. The van der Waals surface area contributed by atoms with Crippen LogP contribution in [0.5, 0.6) is 0 Å². The van der Waals surface area contributed by atoms with Gasteiger partial charge in [0.25, 0.3) is 0 Å². The van der Waals surface area contributed by atoms with Gasteiger partial charge in [0.1, 0.15) is 5.52 Å². The van der Waals surface area contributed by atoms with E-state index in [-0.39, 0.29) is 12.4 Å². The maximum atomic E-state index is 6.06. The van der Waals surface area contributed by atoms with Crippen LogP contribution in [0.1, 0.15) is 44.0 Å². The van der Waals surface area contributed by atoms with Gasteiger partial charge < -0.3 is 9.73 Å². The number of hydrogen-bond acceptors (Lipinski definition) is 4. The van der Waals surface area contributed by atoms with Gasteiger partial charge in [-0.15, -0.1) is 12.4 Å². The Labute approximate surface area is 144 Å². The van der Waals surface area contributed by atoms with Crippen molar-refractivity contribution in [3.05, 3.63) is 30.2 Å². The van der Waals surface area contributed by atoms with Crippen LogP contribution in [-0.4, -0.2) is 36.1 Å². The van der Waals surface area contributed by atoms with Gasteiger partial charge in [-0.2, -0.15) is 0 Å². The highest BCUT2D eigenvalue weighted by atomic mass is 35.5. The van der Waals surface area contributed by atoms with E-state index in [4.69, 9.17) is 9.40 Å². The van der Waals surface area contributed by atoms with Gasteiger partial charge in [0.15, 0.2) is 5.58 Å². The molecule has 5 heteroatoms. The van der Waals surface area contributed by atoms with E-state index in [9.17, 15) is 0 Å². The molecule has 2 saturated heterocycles. The van der Waals surface area contributed by atoms with E-state index in [0.29, 0.717) is 6.04 Å². The summed E-state index contributed by atoms with van der Waals surface area (Å²) in [5, 5.41) is 3.46. The Hall–Kier alpha value is -1.10. The molecule has 23 heavy (non-hydrogen) atoms. The molecule has 4 rings (SSSR count). The number of nitrogens with zero attached hydrogens (tertiary/aromatic N) is 2. The maximum absolute atomic E-state index is 6.06. The summed E-state index contributed by atoms with van der Waals surface area (Å²) in [7, 11) is 0. The average molecular weight is 336 g/mol. The minimum atomic E-state index is 0. The molecule has 2 aliphatic rings. The van der Waals surface area contributed by atoms with E-state index in [1.165, 1.54) is 58.3 Å². The van der Waals surface area contributed by atoms with Crippen molar-refractivity contribution in [3.8, 4) is 0 Å². The zero-order chi connectivity index (χ0) is 14.8. The fourth-order valence-corrected chi connectivity index (χ4v) is 3.92. The second-order valence-electron chi connectivity index (χ2n) is 6.72. The van der Waals surface area contributed by atoms with Gasteiger partial charge in [0, 0.05) is 6.54 Å². The zero-order valence-electron chi connectivity index (χ0n) is 13.5. The van der Waals surface area contributed by atoms with E-state index >= 15 is 0 Å². The summed E-state index contributed by atoms with van der Waals surface area (Å²) in [5.74, 6) is 1.75. The molecule has 0 aliphatic carbocycles. The molecular weight excluding hydrogens is 310 g/mol. The number of oxazole rings is 1. The lowest BCUT2D eigenvalue weighted by atomic mass is 9.94. The first-order valence-electron chi connectivity index (χ1n) is 8.70. The molecule has 0 saturated carbocycles. The number of aromatic nitrogens is 1. The summed E-state index contributed by atoms with van der Waals surface area (Å²) < 4.78 is 6.06. The van der Waals surface area contributed by atoms with E-state index in [1.807, 2.05) is 24.3 Å². The topological polar surface area (TPSA) is 41.3 Å². The molecular formula is C18H26ClN3O. The Balaban J connectivity index is 0.00000156. The molecule has 2 aliphatic heterocycles. The number of benzene rings is 1. The standard InChI is InChI=1S/C18H25N3O.ClH/c1-2-7-17-15(5-1)20-18(22-17)16-6-3-4-12-21(16)13-14-8-10-19-11-9-14;/h1-2,5,7,14,16,19H,3-4,6,8-13H2;1H. The molecule has 1 aromatic heterocycles. The molecule has 0 bridgehead atoms. The van der Waals surface area contributed by atoms with Crippen molar-refractivity contribution in [2.45, 2.75) is 38.1 Å². The predicted octanol–water partition coefficient (Wildman–Crippen LogP) is 3.78. The first-order valence-corrected chi connectivity index (χ1v) is 8.70. The minimum Gasteiger partial charge on any atom is -0.439 e. The highest BCUT2D eigenvalue weighted by Crippen LogP contribution is 2.33. The number of nitrogens with one attached hydrogen (secondary N) is 1. The highest BCUT2D eigenvalue weighted by Gasteiger charge is 2.30. The lowest BCUT2D eigenvalue weighted by Gasteiger charge is -2.37. The number of halogens is 1. The zero-order valence-corrected chi connectivity index (χ0v) is 14.4. The van der Waals surface area contributed by atoms with E-state index < -0.39 is 0 Å². The molecule has 0 spiro atoms. The summed E-state index contributed by atoms with van der Waals surface area (Å²) in [6.07, 6.45) is 6.37. The Morgan fingerprint density at radius 1 is 1.13 bits per heavy atom. The Bertz CT molecular complexity index is 591. The largest absolute Gasteiger partial charge is 0.439 e. The van der Waals surface area contributed by atoms with Crippen molar-refractivity contribution in [2.75, 3.05) is 26.2 Å². The fraction of sp³-hybridized carbons (Fsp3) is 0.611. The molecule has 1 N–H and O–H groups in total. The summed E-state index contributed by atoms with van der Waals surface area (Å²) in [4.78, 5) is 7.39. The summed E-state index contributed by atoms with van der Waals surface area (Å²) in [5.41, 5.74) is 1.91. The van der Waals surface area contributed by atoms with Crippen LogP contribution in [0.25, 0.3) is 11.1 Å². The number of hydrogen-bond donors (Lipinski definition) is 1. The van der Waals surface area contributed by atoms with Crippen molar-refractivity contribution >= 4 is 23.5 Å². The third-order valence-electron chi connectivity index (χ3n) is 5.16. The summed E-state index contributed by atoms with van der Waals surface area (Å²) in [6, 6.07) is 8.48.